The predicted molar refractivity (Wildman–Crippen MR) is 108 cm³/mol. The monoisotopic (exact) mass is 378 g/mol. The van der Waals surface area contributed by atoms with E-state index in [4.69, 9.17) is 0 Å². The summed E-state index contributed by atoms with van der Waals surface area (Å²) in [5, 5.41) is 0. The molecule has 0 aromatic carbocycles. The summed E-state index contributed by atoms with van der Waals surface area (Å²) < 4.78 is 2.17. The molecule has 5 heteroatoms. The molecule has 0 N–H and O–H groups in total. The quantitative estimate of drug-likeness (QED) is 0.824. The average Bonchev–Trinajstić information content (AvgIpc) is 3.10. The van der Waals surface area contributed by atoms with Gasteiger partial charge >= 0.3 is 0 Å². The first-order valence-electron chi connectivity index (χ1n) is 11.1. The van der Waals surface area contributed by atoms with E-state index in [2.05, 4.69) is 31.4 Å². The van der Waals surface area contributed by atoms with Crippen molar-refractivity contribution in [3.63, 3.8) is 0 Å². The van der Waals surface area contributed by atoms with E-state index in [1.165, 1.54) is 44.2 Å². The number of pyridine rings is 1. The lowest BCUT2D eigenvalue weighted by atomic mass is 9.49. The number of carbonyl (C=O) groups excluding carboxylic acids is 1. The SMILES string of the molecule is O=C(N1CCN(Cc2cnc3ccccn23)CC1)C12CC3CC(CC(C3)C1)C2. The molecule has 5 nitrogen and oxygen atoms in total. The van der Waals surface area contributed by atoms with Gasteiger partial charge in [0, 0.05) is 38.9 Å². The van der Waals surface area contributed by atoms with Gasteiger partial charge in [-0.15, -0.1) is 0 Å². The van der Waals surface area contributed by atoms with Gasteiger partial charge in [0.15, 0.2) is 0 Å². The normalized spacial score (nSPS) is 35.0. The molecule has 4 aliphatic carbocycles. The first-order valence-corrected chi connectivity index (χ1v) is 11.1. The van der Waals surface area contributed by atoms with Crippen molar-refractivity contribution < 1.29 is 4.79 Å². The number of carbonyl (C=O) groups is 1. The second kappa shape index (κ2) is 6.31. The van der Waals surface area contributed by atoms with Crippen LogP contribution in [0, 0.1) is 23.2 Å². The van der Waals surface area contributed by atoms with Crippen molar-refractivity contribution in [2.75, 3.05) is 26.2 Å². The van der Waals surface area contributed by atoms with Crippen molar-refractivity contribution in [3.05, 3.63) is 36.3 Å². The summed E-state index contributed by atoms with van der Waals surface area (Å²) in [4.78, 5) is 22.7. The molecular weight excluding hydrogens is 348 g/mol. The summed E-state index contributed by atoms with van der Waals surface area (Å²) in [6, 6.07) is 6.13. The molecule has 2 aromatic rings. The summed E-state index contributed by atoms with van der Waals surface area (Å²) in [5.41, 5.74) is 2.25. The highest BCUT2D eigenvalue weighted by atomic mass is 16.2. The third kappa shape index (κ3) is 2.70. The molecule has 4 bridgehead atoms. The summed E-state index contributed by atoms with van der Waals surface area (Å²) >= 11 is 0. The number of nitrogens with zero attached hydrogens (tertiary/aromatic N) is 4. The fourth-order valence-corrected chi connectivity index (χ4v) is 7.15. The largest absolute Gasteiger partial charge is 0.340 e. The molecule has 5 fully saturated rings. The van der Waals surface area contributed by atoms with E-state index in [1.807, 2.05) is 18.3 Å². The Kier molecular flexibility index (Phi) is 3.84. The van der Waals surface area contributed by atoms with Crippen LogP contribution >= 0.6 is 0 Å². The maximum Gasteiger partial charge on any atom is 0.228 e. The van der Waals surface area contributed by atoms with E-state index in [-0.39, 0.29) is 5.41 Å². The molecule has 0 spiro atoms. The fourth-order valence-electron chi connectivity index (χ4n) is 7.15. The van der Waals surface area contributed by atoms with E-state index in [0.717, 1.165) is 56.1 Å². The molecule has 28 heavy (non-hydrogen) atoms. The number of fused-ring (bicyclic) bond motifs is 1. The summed E-state index contributed by atoms with van der Waals surface area (Å²) in [6.07, 6.45) is 11.8. The van der Waals surface area contributed by atoms with Gasteiger partial charge in [-0.1, -0.05) is 6.07 Å². The molecule has 3 heterocycles. The standard InChI is InChI=1S/C23H30N4O/c28-22(23-12-17-9-18(13-23)11-19(10-17)14-23)26-7-5-25(6-8-26)16-20-15-24-21-3-1-2-4-27(20)21/h1-4,15,17-19H,5-14,16H2. The molecule has 0 radical (unpaired) electrons. The van der Waals surface area contributed by atoms with E-state index < -0.39 is 0 Å². The van der Waals surface area contributed by atoms with Gasteiger partial charge in [0.2, 0.25) is 5.91 Å². The number of piperazine rings is 1. The molecule has 1 amide bonds. The Balaban J connectivity index is 1.11. The van der Waals surface area contributed by atoms with E-state index in [1.54, 1.807) is 0 Å². The Bertz CT molecular complexity index is 860. The van der Waals surface area contributed by atoms with Crippen molar-refractivity contribution in [2.45, 2.75) is 45.1 Å². The lowest BCUT2D eigenvalue weighted by molar-refractivity contribution is -0.159. The van der Waals surface area contributed by atoms with Gasteiger partial charge in [0.25, 0.3) is 0 Å². The van der Waals surface area contributed by atoms with Crippen LogP contribution in [0.3, 0.4) is 0 Å². The molecular formula is C23H30N4O. The molecule has 0 atom stereocenters. The Morgan fingerprint density at radius 1 is 1.00 bits per heavy atom. The van der Waals surface area contributed by atoms with Crippen molar-refractivity contribution in [1.82, 2.24) is 19.2 Å². The van der Waals surface area contributed by atoms with Gasteiger partial charge in [-0.25, -0.2) is 4.98 Å². The van der Waals surface area contributed by atoms with Crippen molar-refractivity contribution >= 4 is 11.6 Å². The molecule has 0 unspecified atom stereocenters. The first-order chi connectivity index (χ1) is 13.7. The molecule has 1 saturated heterocycles. The third-order valence-corrected chi connectivity index (χ3v) is 8.03. The Labute approximate surface area is 166 Å². The lowest BCUT2D eigenvalue weighted by Crippen LogP contribution is -2.58. The number of hydrogen-bond acceptors (Lipinski definition) is 3. The number of imidazole rings is 1. The van der Waals surface area contributed by atoms with Gasteiger partial charge in [-0.2, -0.15) is 0 Å². The highest BCUT2D eigenvalue weighted by molar-refractivity contribution is 5.83. The third-order valence-electron chi connectivity index (χ3n) is 8.03. The molecule has 5 aliphatic rings. The number of hydrogen-bond donors (Lipinski definition) is 0. The van der Waals surface area contributed by atoms with Gasteiger partial charge in [-0.3, -0.25) is 9.69 Å². The lowest BCUT2D eigenvalue weighted by Gasteiger charge is -2.57. The van der Waals surface area contributed by atoms with Gasteiger partial charge < -0.3 is 9.30 Å². The Morgan fingerprint density at radius 3 is 2.36 bits per heavy atom. The minimum Gasteiger partial charge on any atom is -0.340 e. The minimum absolute atomic E-state index is 0.0125. The predicted octanol–water partition coefficient (Wildman–Crippen LogP) is 3.19. The Morgan fingerprint density at radius 2 is 1.68 bits per heavy atom. The minimum atomic E-state index is 0.0125. The van der Waals surface area contributed by atoms with Crippen LogP contribution in [0.25, 0.3) is 5.65 Å². The van der Waals surface area contributed by atoms with Crippen LogP contribution in [0.15, 0.2) is 30.6 Å². The van der Waals surface area contributed by atoms with Crippen LogP contribution < -0.4 is 0 Å². The van der Waals surface area contributed by atoms with Gasteiger partial charge in [-0.05, 0) is 68.4 Å². The van der Waals surface area contributed by atoms with E-state index in [9.17, 15) is 4.79 Å². The molecule has 7 rings (SSSR count). The van der Waals surface area contributed by atoms with Gasteiger partial charge in [0.05, 0.1) is 17.3 Å². The summed E-state index contributed by atoms with van der Waals surface area (Å²) in [5.74, 6) is 3.02. The number of aromatic nitrogens is 2. The maximum atomic E-state index is 13.5. The van der Waals surface area contributed by atoms with Crippen LogP contribution in [-0.4, -0.2) is 51.3 Å². The summed E-state index contributed by atoms with van der Waals surface area (Å²) in [7, 11) is 0. The smallest absolute Gasteiger partial charge is 0.228 e. The fraction of sp³-hybridized carbons (Fsp3) is 0.652. The highest BCUT2D eigenvalue weighted by Crippen LogP contribution is 2.60. The zero-order chi connectivity index (χ0) is 18.7. The first kappa shape index (κ1) is 17.0. The number of rotatable bonds is 3. The van der Waals surface area contributed by atoms with E-state index in [0.29, 0.717) is 5.91 Å². The Hall–Kier alpha value is -1.88. The van der Waals surface area contributed by atoms with Crippen molar-refractivity contribution in [2.24, 2.45) is 23.2 Å². The van der Waals surface area contributed by atoms with Crippen LogP contribution in [0.4, 0.5) is 0 Å². The zero-order valence-corrected chi connectivity index (χ0v) is 16.6. The second-order valence-corrected chi connectivity index (χ2v) is 9.94. The van der Waals surface area contributed by atoms with Crippen LogP contribution in [0.2, 0.25) is 0 Å². The van der Waals surface area contributed by atoms with Crippen molar-refractivity contribution in [3.8, 4) is 0 Å². The van der Waals surface area contributed by atoms with Crippen LogP contribution in [-0.2, 0) is 11.3 Å². The summed E-state index contributed by atoms with van der Waals surface area (Å²) in [6.45, 7) is 4.62. The van der Waals surface area contributed by atoms with Crippen molar-refractivity contribution in [1.29, 1.82) is 0 Å². The highest BCUT2D eigenvalue weighted by Gasteiger charge is 2.55. The molecule has 2 aromatic heterocycles. The topological polar surface area (TPSA) is 40.9 Å². The van der Waals surface area contributed by atoms with Gasteiger partial charge in [0.1, 0.15) is 5.65 Å². The average molecular weight is 379 g/mol. The van der Waals surface area contributed by atoms with Crippen LogP contribution in [0.5, 0.6) is 0 Å². The molecule has 148 valence electrons. The number of amides is 1. The van der Waals surface area contributed by atoms with E-state index >= 15 is 0 Å². The molecule has 4 saturated carbocycles. The maximum absolute atomic E-state index is 13.5. The zero-order valence-electron chi connectivity index (χ0n) is 16.6. The molecule has 1 aliphatic heterocycles. The van der Waals surface area contributed by atoms with Crippen LogP contribution in [0.1, 0.15) is 44.2 Å². The second-order valence-electron chi connectivity index (χ2n) is 9.94.